The normalized spacial score (nSPS) is 21.1. The van der Waals surface area contributed by atoms with E-state index in [-0.39, 0.29) is 19.5 Å². The van der Waals surface area contributed by atoms with Crippen molar-refractivity contribution in [1.82, 2.24) is 4.31 Å². The minimum atomic E-state index is -4.98. The number of halogens is 3. The molecule has 1 atom stereocenters. The van der Waals surface area contributed by atoms with Crippen LogP contribution in [-0.2, 0) is 10.0 Å². The van der Waals surface area contributed by atoms with Crippen molar-refractivity contribution in [3.8, 4) is 5.75 Å². The van der Waals surface area contributed by atoms with Crippen molar-refractivity contribution in [2.75, 3.05) is 13.1 Å². The number of sulfonamides is 1. The van der Waals surface area contributed by atoms with Crippen LogP contribution in [0.5, 0.6) is 5.75 Å². The Hall–Kier alpha value is -1.32. The molecule has 9 heteroatoms. The Labute approximate surface area is 113 Å². The van der Waals surface area contributed by atoms with Crippen LogP contribution >= 0.6 is 0 Å². The Morgan fingerprint density at radius 3 is 2.50 bits per heavy atom. The highest BCUT2D eigenvalue weighted by atomic mass is 32.2. The monoisotopic (exact) mass is 311 g/mol. The molecule has 112 valence electrons. The SMILES string of the molecule is O=S(=O)(c1ccccc1OC(F)(F)F)N1CCC(O)C1. The van der Waals surface area contributed by atoms with Gasteiger partial charge in [-0.15, -0.1) is 13.2 Å². The number of alkyl halides is 3. The number of hydrogen-bond acceptors (Lipinski definition) is 4. The molecule has 0 saturated carbocycles. The lowest BCUT2D eigenvalue weighted by molar-refractivity contribution is -0.275. The molecule has 0 amide bonds. The first kappa shape index (κ1) is 15.1. The predicted octanol–water partition coefficient (Wildman–Crippen LogP) is 1.34. The second kappa shape index (κ2) is 5.23. The number of β-amino-alcohol motifs (C(OH)–C–C–N with tert-alkyl or cyclic N) is 1. The summed E-state index contributed by atoms with van der Waals surface area (Å²) in [6.45, 7) is -0.0768. The van der Waals surface area contributed by atoms with Gasteiger partial charge in [0.2, 0.25) is 10.0 Å². The van der Waals surface area contributed by atoms with Crippen molar-refractivity contribution in [2.24, 2.45) is 0 Å². The van der Waals surface area contributed by atoms with Gasteiger partial charge in [0.15, 0.2) is 0 Å². The smallest absolute Gasteiger partial charge is 0.404 e. The fourth-order valence-electron chi connectivity index (χ4n) is 1.94. The molecule has 1 aromatic rings. The molecular weight excluding hydrogens is 299 g/mol. The number of rotatable bonds is 3. The van der Waals surface area contributed by atoms with E-state index in [1.807, 2.05) is 0 Å². The van der Waals surface area contributed by atoms with Crippen LogP contribution in [-0.4, -0.2) is 43.4 Å². The molecule has 0 radical (unpaired) electrons. The van der Waals surface area contributed by atoms with Gasteiger partial charge in [-0.2, -0.15) is 4.31 Å². The van der Waals surface area contributed by atoms with E-state index in [1.165, 1.54) is 12.1 Å². The number of aliphatic hydroxyl groups excluding tert-OH is 1. The van der Waals surface area contributed by atoms with Crippen LogP contribution in [0.15, 0.2) is 29.2 Å². The molecule has 1 aliphatic rings. The lowest BCUT2D eigenvalue weighted by Crippen LogP contribution is -2.30. The molecule has 20 heavy (non-hydrogen) atoms. The summed E-state index contributed by atoms with van der Waals surface area (Å²) in [6, 6.07) is 4.54. The molecule has 1 fully saturated rings. The second-order valence-corrected chi connectivity index (χ2v) is 6.21. The van der Waals surface area contributed by atoms with Crippen molar-refractivity contribution in [1.29, 1.82) is 0 Å². The van der Waals surface area contributed by atoms with Crippen LogP contribution in [0, 0.1) is 0 Å². The highest BCUT2D eigenvalue weighted by molar-refractivity contribution is 7.89. The predicted molar refractivity (Wildman–Crippen MR) is 62.5 cm³/mol. The Balaban J connectivity index is 2.37. The van der Waals surface area contributed by atoms with Crippen molar-refractivity contribution in [2.45, 2.75) is 23.8 Å². The van der Waals surface area contributed by atoms with Gasteiger partial charge in [-0.05, 0) is 18.6 Å². The number of para-hydroxylation sites is 1. The maximum absolute atomic E-state index is 12.3. The molecule has 1 N–H and O–H groups in total. The molecule has 1 aromatic carbocycles. The van der Waals surface area contributed by atoms with Gasteiger partial charge < -0.3 is 9.84 Å². The standard InChI is InChI=1S/C11H12F3NO4S/c12-11(13,14)19-9-3-1-2-4-10(9)20(17,18)15-6-5-8(16)7-15/h1-4,8,16H,5-7H2. The maximum atomic E-state index is 12.3. The zero-order valence-corrected chi connectivity index (χ0v) is 11.0. The van der Waals surface area contributed by atoms with Crippen LogP contribution in [0.2, 0.25) is 0 Å². The lowest BCUT2D eigenvalue weighted by Gasteiger charge is -2.18. The maximum Gasteiger partial charge on any atom is 0.573 e. The topological polar surface area (TPSA) is 66.8 Å². The fourth-order valence-corrected chi connectivity index (χ4v) is 3.55. The average Bonchev–Trinajstić information content (AvgIpc) is 2.75. The van der Waals surface area contributed by atoms with Gasteiger partial charge >= 0.3 is 6.36 Å². The van der Waals surface area contributed by atoms with E-state index in [1.54, 1.807) is 0 Å². The molecule has 5 nitrogen and oxygen atoms in total. The number of hydrogen-bond donors (Lipinski definition) is 1. The molecule has 1 heterocycles. The van der Waals surface area contributed by atoms with Crippen molar-refractivity contribution < 1.29 is 31.4 Å². The van der Waals surface area contributed by atoms with Crippen LogP contribution < -0.4 is 4.74 Å². The van der Waals surface area contributed by atoms with E-state index in [4.69, 9.17) is 0 Å². The van der Waals surface area contributed by atoms with Crippen molar-refractivity contribution >= 4 is 10.0 Å². The lowest BCUT2D eigenvalue weighted by atomic mass is 10.3. The number of ether oxygens (including phenoxy) is 1. The molecule has 0 spiro atoms. The molecular formula is C11H12F3NO4S. The summed E-state index contributed by atoms with van der Waals surface area (Å²) in [6.07, 6.45) is -5.53. The second-order valence-electron chi connectivity index (χ2n) is 4.30. The molecule has 0 aromatic heterocycles. The number of nitrogens with zero attached hydrogens (tertiary/aromatic N) is 1. The number of aliphatic hydroxyl groups is 1. The van der Waals surface area contributed by atoms with Gasteiger partial charge in [0, 0.05) is 13.1 Å². The van der Waals surface area contributed by atoms with Crippen LogP contribution in [0.3, 0.4) is 0 Å². The Morgan fingerprint density at radius 2 is 1.95 bits per heavy atom. The molecule has 2 rings (SSSR count). The first-order valence-corrected chi connectivity index (χ1v) is 7.17. The van der Waals surface area contributed by atoms with Gasteiger partial charge in [-0.25, -0.2) is 8.42 Å². The first-order chi connectivity index (χ1) is 9.20. The quantitative estimate of drug-likeness (QED) is 0.915. The summed E-state index contributed by atoms with van der Waals surface area (Å²) in [5.74, 6) is -0.776. The van der Waals surface area contributed by atoms with Crippen LogP contribution in [0.4, 0.5) is 13.2 Å². The molecule has 0 aliphatic carbocycles. The van der Waals surface area contributed by atoms with E-state index in [0.29, 0.717) is 0 Å². The third kappa shape index (κ3) is 3.22. The van der Waals surface area contributed by atoms with E-state index in [9.17, 15) is 26.7 Å². The summed E-state index contributed by atoms with van der Waals surface area (Å²) >= 11 is 0. The minimum Gasteiger partial charge on any atom is -0.404 e. The van der Waals surface area contributed by atoms with Crippen LogP contribution in [0.25, 0.3) is 0 Å². The van der Waals surface area contributed by atoms with Crippen molar-refractivity contribution in [3.63, 3.8) is 0 Å². The average molecular weight is 311 g/mol. The van der Waals surface area contributed by atoms with E-state index in [2.05, 4.69) is 4.74 Å². The third-order valence-corrected chi connectivity index (χ3v) is 4.72. The van der Waals surface area contributed by atoms with Gasteiger partial charge in [-0.3, -0.25) is 0 Å². The molecule has 1 saturated heterocycles. The van der Waals surface area contributed by atoms with Gasteiger partial charge in [0.05, 0.1) is 6.10 Å². The van der Waals surface area contributed by atoms with Crippen molar-refractivity contribution in [3.05, 3.63) is 24.3 Å². The summed E-state index contributed by atoms with van der Waals surface area (Å²) in [4.78, 5) is -0.563. The van der Waals surface area contributed by atoms with Gasteiger partial charge in [0.25, 0.3) is 0 Å². The minimum absolute atomic E-state index is 0.0594. The Kier molecular flexibility index (Phi) is 3.94. The zero-order valence-electron chi connectivity index (χ0n) is 10.2. The number of benzene rings is 1. The summed E-state index contributed by atoms with van der Waals surface area (Å²) < 4.78 is 66.0. The first-order valence-electron chi connectivity index (χ1n) is 5.73. The summed E-state index contributed by atoms with van der Waals surface area (Å²) in [5.41, 5.74) is 0. The van der Waals surface area contributed by atoms with Gasteiger partial charge in [0.1, 0.15) is 10.6 Å². The highest BCUT2D eigenvalue weighted by Gasteiger charge is 2.37. The zero-order chi connectivity index (χ0) is 15.0. The fraction of sp³-hybridized carbons (Fsp3) is 0.455. The molecule has 1 aliphatic heterocycles. The van der Waals surface area contributed by atoms with E-state index in [0.717, 1.165) is 16.4 Å². The molecule has 0 bridgehead atoms. The largest absolute Gasteiger partial charge is 0.573 e. The van der Waals surface area contributed by atoms with Gasteiger partial charge in [-0.1, -0.05) is 12.1 Å². The highest BCUT2D eigenvalue weighted by Crippen LogP contribution is 2.32. The van der Waals surface area contributed by atoms with E-state index >= 15 is 0 Å². The third-order valence-electron chi connectivity index (χ3n) is 2.82. The summed E-state index contributed by atoms with van der Waals surface area (Å²) in [5, 5.41) is 9.35. The Bertz CT molecular complexity index is 588. The Morgan fingerprint density at radius 1 is 1.30 bits per heavy atom. The van der Waals surface area contributed by atoms with Crippen LogP contribution in [0.1, 0.15) is 6.42 Å². The summed E-state index contributed by atoms with van der Waals surface area (Å²) in [7, 11) is -4.13. The van der Waals surface area contributed by atoms with E-state index < -0.39 is 33.1 Å². The molecule has 1 unspecified atom stereocenters.